The van der Waals surface area contributed by atoms with E-state index in [1.807, 2.05) is 103 Å². The minimum atomic E-state index is -4.69. The third-order valence-electron chi connectivity index (χ3n) is 5.18. The van der Waals surface area contributed by atoms with E-state index in [4.69, 9.17) is 0 Å². The molecule has 0 bridgehead atoms. The van der Waals surface area contributed by atoms with Crippen molar-refractivity contribution in [3.8, 4) is 0 Å². The van der Waals surface area contributed by atoms with Gasteiger partial charge in [0, 0.05) is 0 Å². The lowest BCUT2D eigenvalue weighted by atomic mass is 10.2. The van der Waals surface area contributed by atoms with E-state index < -0.39 is 17.4 Å². The van der Waals surface area contributed by atoms with Gasteiger partial charge in [-0.15, -0.1) is 0 Å². The summed E-state index contributed by atoms with van der Waals surface area (Å²) in [6.07, 6.45) is 0. The summed E-state index contributed by atoms with van der Waals surface area (Å²) in [6.45, 7) is 1.80. The maximum Gasteiger partial charge on any atom is 0.145 e. The largest absolute Gasteiger partial charge is 0.744 e. The van der Waals surface area contributed by atoms with Gasteiger partial charge >= 0.3 is 0 Å². The fourth-order valence-corrected chi connectivity index (χ4v) is 9.60. The Bertz CT molecular complexity index is 1160. The number of benzene rings is 4. The maximum atomic E-state index is 12.4. The molecule has 0 amide bonds. The van der Waals surface area contributed by atoms with E-state index in [2.05, 4.69) is 0 Å². The number of hydrogen-bond donors (Lipinski definition) is 0. The maximum absolute atomic E-state index is 12.4. The van der Waals surface area contributed by atoms with E-state index >= 15 is 0 Å². The second kappa shape index (κ2) is 8.16. The highest BCUT2D eigenvalue weighted by Gasteiger charge is 2.49. The van der Waals surface area contributed by atoms with Crippen molar-refractivity contribution in [2.75, 3.05) is 0 Å². The Hall–Kier alpha value is -2.78. The third kappa shape index (κ3) is 3.59. The summed E-state index contributed by atoms with van der Waals surface area (Å²) < 4.78 is 37.2. The first-order chi connectivity index (χ1) is 14.4. The molecule has 5 heteroatoms. The van der Waals surface area contributed by atoms with Gasteiger partial charge < -0.3 is 4.55 Å². The molecule has 0 saturated carbocycles. The average molecular weight is 432 g/mol. The Morgan fingerprint density at radius 2 is 1.03 bits per heavy atom. The van der Waals surface area contributed by atoms with Gasteiger partial charge in [0.25, 0.3) is 0 Å². The third-order valence-corrected chi connectivity index (χ3v) is 10.5. The molecule has 0 radical (unpaired) electrons. The molecule has 0 atom stereocenters. The monoisotopic (exact) mass is 432 g/mol. The van der Waals surface area contributed by atoms with Crippen LogP contribution in [0.2, 0.25) is 0 Å². The Labute approximate surface area is 178 Å². The molecule has 0 saturated heterocycles. The SMILES string of the molecule is Cc1ccc([P+](c2ccccc2)(c2ccccc2)c2ccccc2)c(S(=O)(=O)[O-])c1. The Kier molecular flexibility index (Phi) is 5.57. The van der Waals surface area contributed by atoms with Crippen LogP contribution in [0.15, 0.2) is 114 Å². The van der Waals surface area contributed by atoms with Crippen LogP contribution in [0.25, 0.3) is 0 Å². The predicted molar refractivity (Wildman–Crippen MR) is 124 cm³/mol. The molecule has 4 aromatic rings. The van der Waals surface area contributed by atoms with Crippen LogP contribution < -0.4 is 21.2 Å². The summed E-state index contributed by atoms with van der Waals surface area (Å²) in [5, 5.41) is 3.55. The molecule has 150 valence electrons. The first-order valence-corrected chi connectivity index (χ1v) is 12.8. The normalized spacial score (nSPS) is 11.9. The van der Waals surface area contributed by atoms with E-state index in [1.54, 1.807) is 6.92 Å². The minimum absolute atomic E-state index is 0.146. The molecule has 0 fully saturated rings. The van der Waals surface area contributed by atoms with Crippen LogP contribution >= 0.6 is 7.26 Å². The van der Waals surface area contributed by atoms with Crippen molar-refractivity contribution in [1.29, 1.82) is 0 Å². The number of hydrogen-bond acceptors (Lipinski definition) is 3. The summed E-state index contributed by atoms with van der Waals surface area (Å²) in [5.41, 5.74) is 0.737. The first-order valence-electron chi connectivity index (χ1n) is 9.57. The van der Waals surface area contributed by atoms with Gasteiger partial charge in [-0.3, -0.25) is 0 Å². The molecule has 0 aliphatic carbocycles. The Morgan fingerprint density at radius 1 is 0.633 bits per heavy atom. The van der Waals surface area contributed by atoms with Crippen molar-refractivity contribution in [1.82, 2.24) is 0 Å². The van der Waals surface area contributed by atoms with Crippen molar-refractivity contribution in [2.24, 2.45) is 0 Å². The van der Waals surface area contributed by atoms with E-state index in [-0.39, 0.29) is 4.90 Å². The van der Waals surface area contributed by atoms with Crippen LogP contribution in [-0.2, 0) is 10.1 Å². The average Bonchev–Trinajstić information content (AvgIpc) is 2.77. The van der Waals surface area contributed by atoms with E-state index in [0.717, 1.165) is 21.5 Å². The van der Waals surface area contributed by atoms with Gasteiger partial charge in [-0.2, -0.15) is 0 Å². The molecule has 0 heterocycles. The summed E-state index contributed by atoms with van der Waals surface area (Å²) in [4.78, 5) is -0.146. The molecule has 0 aromatic heterocycles. The van der Waals surface area contributed by atoms with Gasteiger partial charge in [0.2, 0.25) is 0 Å². The van der Waals surface area contributed by atoms with E-state index in [9.17, 15) is 13.0 Å². The summed E-state index contributed by atoms with van der Waals surface area (Å²) in [6, 6.07) is 34.9. The van der Waals surface area contributed by atoms with Crippen LogP contribution in [-0.4, -0.2) is 13.0 Å². The fourth-order valence-electron chi connectivity index (χ4n) is 3.92. The van der Waals surface area contributed by atoms with Gasteiger partial charge in [-0.1, -0.05) is 60.7 Å². The topological polar surface area (TPSA) is 57.2 Å². The van der Waals surface area contributed by atoms with Crippen LogP contribution in [0.3, 0.4) is 0 Å². The lowest BCUT2D eigenvalue weighted by Gasteiger charge is -2.29. The fraction of sp³-hybridized carbons (Fsp3) is 0.0400. The second-order valence-corrected chi connectivity index (χ2v) is 11.8. The lowest BCUT2D eigenvalue weighted by Crippen LogP contribution is -2.40. The smallest absolute Gasteiger partial charge is 0.145 e. The molecule has 3 nitrogen and oxygen atoms in total. The molecule has 0 N–H and O–H groups in total. The van der Waals surface area contributed by atoms with Crippen LogP contribution in [0.4, 0.5) is 0 Å². The highest BCUT2D eigenvalue weighted by atomic mass is 32.2. The molecule has 0 aliphatic rings. The van der Waals surface area contributed by atoms with Crippen LogP contribution in [0.5, 0.6) is 0 Å². The van der Waals surface area contributed by atoms with E-state index in [0.29, 0.717) is 5.30 Å². The van der Waals surface area contributed by atoms with Crippen molar-refractivity contribution >= 4 is 38.6 Å². The molecule has 4 aromatic carbocycles. The van der Waals surface area contributed by atoms with Gasteiger partial charge in [0.1, 0.15) is 38.6 Å². The zero-order valence-corrected chi connectivity index (χ0v) is 18.2. The Morgan fingerprint density at radius 3 is 1.40 bits per heavy atom. The molecule has 0 aliphatic heterocycles. The Balaban J connectivity index is 2.24. The number of aryl methyl sites for hydroxylation is 1. The van der Waals surface area contributed by atoms with Gasteiger partial charge in [0.15, 0.2) is 0 Å². The molecular weight excluding hydrogens is 411 g/mol. The highest BCUT2D eigenvalue weighted by molar-refractivity contribution is 8.02. The highest BCUT2D eigenvalue weighted by Crippen LogP contribution is 2.55. The lowest BCUT2D eigenvalue weighted by molar-refractivity contribution is 0.463. The zero-order chi connectivity index (χ0) is 21.2. The molecule has 0 spiro atoms. The first kappa shape index (κ1) is 20.5. The van der Waals surface area contributed by atoms with Gasteiger partial charge in [-0.25, -0.2) is 8.42 Å². The van der Waals surface area contributed by atoms with Gasteiger partial charge in [0.05, 0.1) is 4.90 Å². The van der Waals surface area contributed by atoms with Crippen LogP contribution in [0.1, 0.15) is 5.56 Å². The predicted octanol–water partition coefficient (Wildman–Crippen LogP) is 3.52. The van der Waals surface area contributed by atoms with Crippen molar-refractivity contribution in [3.63, 3.8) is 0 Å². The standard InChI is InChI=1S/C25H21O3PS/c1-20-17-18-24(25(19-20)30(26,27)28)29(21-11-5-2-6-12-21,22-13-7-3-8-14-22)23-15-9-4-10-16-23/h2-19H,1H3. The van der Waals surface area contributed by atoms with E-state index in [1.165, 1.54) is 6.07 Å². The minimum Gasteiger partial charge on any atom is -0.744 e. The molecule has 30 heavy (non-hydrogen) atoms. The second-order valence-electron chi connectivity index (χ2n) is 7.10. The molecular formula is C25H21O3PS. The van der Waals surface area contributed by atoms with Crippen molar-refractivity contribution in [2.45, 2.75) is 11.8 Å². The number of rotatable bonds is 5. The summed E-state index contributed by atoms with van der Waals surface area (Å²) in [5.74, 6) is 0. The zero-order valence-electron chi connectivity index (χ0n) is 16.5. The molecule has 4 rings (SSSR count). The van der Waals surface area contributed by atoms with Crippen LogP contribution in [0, 0.1) is 6.92 Å². The summed E-state index contributed by atoms with van der Waals surface area (Å²) in [7, 11) is -7.32. The van der Waals surface area contributed by atoms with Crippen molar-refractivity contribution in [3.05, 3.63) is 115 Å². The molecule has 0 unspecified atom stereocenters. The van der Waals surface area contributed by atoms with Gasteiger partial charge in [-0.05, 0) is 61.0 Å². The van der Waals surface area contributed by atoms with Crippen molar-refractivity contribution < 1.29 is 13.0 Å². The summed E-state index contributed by atoms with van der Waals surface area (Å²) >= 11 is 0. The quantitative estimate of drug-likeness (QED) is 0.358.